The molecule has 5 nitrogen and oxygen atoms in total. The molecule has 2 aliphatic heterocycles. The lowest BCUT2D eigenvalue weighted by atomic mass is 9.82. The van der Waals surface area contributed by atoms with Crippen molar-refractivity contribution in [3.8, 4) is 0 Å². The molecule has 0 radical (unpaired) electrons. The van der Waals surface area contributed by atoms with E-state index >= 15 is 0 Å². The Morgan fingerprint density at radius 1 is 1.24 bits per heavy atom. The van der Waals surface area contributed by atoms with Gasteiger partial charge in [-0.15, -0.1) is 0 Å². The number of hydrogen-bond donors (Lipinski definition) is 2. The molecule has 1 aromatic carbocycles. The standard InChI is InChI=1S/C15H14ClNO4/c16-9-3-1-2-8(6-9)7-17-14(18)12-10-4-5-11(21-10)13(12)15(19)20/h1-6,10-13H,7H2,(H,17,18)(H,19,20). The highest BCUT2D eigenvalue weighted by molar-refractivity contribution is 6.30. The number of ether oxygens (including phenoxy) is 1. The SMILES string of the molecule is O=C(O)C1C2C=CC(O2)C1C(=O)NCc1cccc(Cl)c1. The monoisotopic (exact) mass is 307 g/mol. The highest BCUT2D eigenvalue weighted by atomic mass is 35.5. The first-order valence-corrected chi connectivity index (χ1v) is 7.03. The van der Waals surface area contributed by atoms with Gasteiger partial charge in [-0.05, 0) is 17.7 Å². The van der Waals surface area contributed by atoms with Crippen LogP contribution in [0.2, 0.25) is 5.02 Å². The highest BCUT2D eigenvalue weighted by Gasteiger charge is 2.53. The van der Waals surface area contributed by atoms with E-state index in [2.05, 4.69) is 5.32 Å². The van der Waals surface area contributed by atoms with Crippen molar-refractivity contribution in [3.05, 3.63) is 47.0 Å². The predicted molar refractivity (Wildman–Crippen MR) is 75.7 cm³/mol. The third-order valence-electron chi connectivity index (χ3n) is 3.84. The molecule has 0 spiro atoms. The second-order valence-corrected chi connectivity index (χ2v) is 5.62. The van der Waals surface area contributed by atoms with Crippen molar-refractivity contribution in [1.82, 2.24) is 5.32 Å². The van der Waals surface area contributed by atoms with Crippen LogP contribution >= 0.6 is 11.6 Å². The smallest absolute Gasteiger partial charge is 0.310 e. The average Bonchev–Trinajstić information content (AvgIpc) is 3.05. The summed E-state index contributed by atoms with van der Waals surface area (Å²) >= 11 is 5.88. The quantitative estimate of drug-likeness (QED) is 0.829. The first-order chi connectivity index (χ1) is 10.1. The Morgan fingerprint density at radius 3 is 2.62 bits per heavy atom. The van der Waals surface area contributed by atoms with E-state index in [1.165, 1.54) is 0 Å². The molecule has 0 saturated carbocycles. The second kappa shape index (κ2) is 5.50. The molecule has 6 heteroatoms. The molecule has 3 rings (SSSR count). The van der Waals surface area contributed by atoms with Crippen LogP contribution in [0.25, 0.3) is 0 Å². The minimum atomic E-state index is -1.00. The Morgan fingerprint density at radius 2 is 1.95 bits per heavy atom. The number of aliphatic carboxylic acids is 1. The molecule has 2 N–H and O–H groups in total. The number of benzene rings is 1. The largest absolute Gasteiger partial charge is 0.481 e. The summed E-state index contributed by atoms with van der Waals surface area (Å²) in [6, 6.07) is 7.15. The van der Waals surface area contributed by atoms with E-state index in [4.69, 9.17) is 16.3 Å². The van der Waals surface area contributed by atoms with Gasteiger partial charge in [0.2, 0.25) is 5.91 Å². The van der Waals surface area contributed by atoms with Crippen LogP contribution in [0.4, 0.5) is 0 Å². The number of fused-ring (bicyclic) bond motifs is 2. The minimum absolute atomic E-state index is 0.306. The summed E-state index contributed by atoms with van der Waals surface area (Å²) in [5, 5.41) is 12.6. The van der Waals surface area contributed by atoms with Crippen LogP contribution in [0.15, 0.2) is 36.4 Å². The van der Waals surface area contributed by atoms with Gasteiger partial charge in [-0.1, -0.05) is 35.9 Å². The van der Waals surface area contributed by atoms with E-state index in [0.29, 0.717) is 11.6 Å². The molecule has 0 aliphatic carbocycles. The molecule has 110 valence electrons. The fourth-order valence-corrected chi connectivity index (χ4v) is 3.08. The Labute approximate surface area is 126 Å². The Bertz CT molecular complexity index is 615. The van der Waals surface area contributed by atoms with Crippen LogP contribution in [-0.2, 0) is 20.9 Å². The van der Waals surface area contributed by atoms with Crippen LogP contribution in [0.3, 0.4) is 0 Å². The average molecular weight is 308 g/mol. The second-order valence-electron chi connectivity index (χ2n) is 5.19. The van der Waals surface area contributed by atoms with Gasteiger partial charge in [0.1, 0.15) is 5.92 Å². The summed E-state index contributed by atoms with van der Waals surface area (Å²) in [6.07, 6.45) is 2.52. The molecular weight excluding hydrogens is 294 g/mol. The number of carboxylic acid groups (broad SMARTS) is 1. The molecule has 2 aliphatic rings. The lowest BCUT2D eigenvalue weighted by Crippen LogP contribution is -2.42. The van der Waals surface area contributed by atoms with E-state index in [1.807, 2.05) is 6.07 Å². The van der Waals surface area contributed by atoms with Crippen LogP contribution in [-0.4, -0.2) is 29.2 Å². The van der Waals surface area contributed by atoms with Crippen molar-refractivity contribution in [2.24, 2.45) is 11.8 Å². The van der Waals surface area contributed by atoms with E-state index in [0.717, 1.165) is 5.56 Å². The molecule has 2 bridgehead atoms. The van der Waals surface area contributed by atoms with Gasteiger partial charge in [-0.2, -0.15) is 0 Å². The van der Waals surface area contributed by atoms with Gasteiger partial charge < -0.3 is 15.2 Å². The Kier molecular flexibility index (Phi) is 3.69. The molecule has 0 aromatic heterocycles. The fourth-order valence-electron chi connectivity index (χ4n) is 2.87. The van der Waals surface area contributed by atoms with Crippen molar-refractivity contribution < 1.29 is 19.4 Å². The first kappa shape index (κ1) is 14.1. The number of hydrogen-bond acceptors (Lipinski definition) is 3. The molecule has 1 amide bonds. The van der Waals surface area contributed by atoms with Gasteiger partial charge in [-0.3, -0.25) is 9.59 Å². The molecule has 4 unspecified atom stereocenters. The van der Waals surface area contributed by atoms with Crippen molar-refractivity contribution in [2.75, 3.05) is 0 Å². The van der Waals surface area contributed by atoms with Gasteiger partial charge >= 0.3 is 5.97 Å². The summed E-state index contributed by atoms with van der Waals surface area (Å²) in [6.45, 7) is 0.309. The molecule has 1 fully saturated rings. The maximum Gasteiger partial charge on any atom is 0.310 e. The minimum Gasteiger partial charge on any atom is -0.481 e. The number of amides is 1. The maximum atomic E-state index is 12.3. The van der Waals surface area contributed by atoms with Crippen molar-refractivity contribution in [3.63, 3.8) is 0 Å². The van der Waals surface area contributed by atoms with Crippen LogP contribution < -0.4 is 5.32 Å². The maximum absolute atomic E-state index is 12.3. The van der Waals surface area contributed by atoms with Gasteiger partial charge in [-0.25, -0.2) is 0 Å². The summed E-state index contributed by atoms with van der Waals surface area (Å²) in [5.74, 6) is -2.81. The van der Waals surface area contributed by atoms with Gasteiger partial charge in [0, 0.05) is 11.6 Å². The predicted octanol–water partition coefficient (Wildman–Crippen LogP) is 1.61. The number of carbonyl (C=O) groups is 2. The lowest BCUT2D eigenvalue weighted by Gasteiger charge is -2.21. The molecule has 1 aromatic rings. The topological polar surface area (TPSA) is 75.6 Å². The summed E-state index contributed by atoms with van der Waals surface area (Å²) < 4.78 is 5.48. The first-order valence-electron chi connectivity index (χ1n) is 6.65. The zero-order valence-corrected chi connectivity index (χ0v) is 11.8. The fraction of sp³-hybridized carbons (Fsp3) is 0.333. The Hall–Kier alpha value is -1.85. The van der Waals surface area contributed by atoms with Crippen LogP contribution in [0, 0.1) is 11.8 Å². The number of carboxylic acids is 1. The third kappa shape index (κ3) is 2.66. The van der Waals surface area contributed by atoms with Gasteiger partial charge in [0.15, 0.2) is 0 Å². The number of nitrogens with one attached hydrogen (secondary N) is 1. The van der Waals surface area contributed by atoms with E-state index in [-0.39, 0.29) is 5.91 Å². The van der Waals surface area contributed by atoms with Crippen molar-refractivity contribution in [2.45, 2.75) is 18.8 Å². The zero-order valence-electron chi connectivity index (χ0n) is 11.0. The van der Waals surface area contributed by atoms with Gasteiger partial charge in [0.05, 0.1) is 18.1 Å². The normalized spacial score (nSPS) is 29.6. The zero-order chi connectivity index (χ0) is 15.0. The molecular formula is C15H14ClNO4. The van der Waals surface area contributed by atoms with E-state index in [9.17, 15) is 14.7 Å². The van der Waals surface area contributed by atoms with E-state index in [1.54, 1.807) is 30.4 Å². The molecule has 21 heavy (non-hydrogen) atoms. The lowest BCUT2D eigenvalue weighted by molar-refractivity contribution is -0.146. The summed E-state index contributed by atoms with van der Waals surface area (Å²) in [7, 11) is 0. The molecule has 4 atom stereocenters. The third-order valence-corrected chi connectivity index (χ3v) is 4.08. The summed E-state index contributed by atoms with van der Waals surface area (Å²) in [5.41, 5.74) is 0.863. The molecule has 2 heterocycles. The molecule has 1 saturated heterocycles. The Balaban J connectivity index is 1.68. The van der Waals surface area contributed by atoms with Crippen molar-refractivity contribution >= 4 is 23.5 Å². The summed E-state index contributed by atoms with van der Waals surface area (Å²) in [4.78, 5) is 23.6. The van der Waals surface area contributed by atoms with E-state index < -0.39 is 30.0 Å². The van der Waals surface area contributed by atoms with Crippen LogP contribution in [0.5, 0.6) is 0 Å². The number of carbonyl (C=O) groups excluding carboxylic acids is 1. The van der Waals surface area contributed by atoms with Crippen molar-refractivity contribution in [1.29, 1.82) is 0 Å². The number of halogens is 1. The highest BCUT2D eigenvalue weighted by Crippen LogP contribution is 2.39. The van der Waals surface area contributed by atoms with Gasteiger partial charge in [0.25, 0.3) is 0 Å². The number of rotatable bonds is 4. The van der Waals surface area contributed by atoms with Crippen LogP contribution in [0.1, 0.15) is 5.56 Å².